The fraction of sp³-hybridized carbons (Fsp3) is 0.0625. The molecule has 8 heteroatoms. The molecule has 0 fully saturated rings. The molecule has 3 aromatic rings. The van der Waals surface area contributed by atoms with E-state index in [-0.39, 0.29) is 11.7 Å². The molecular formula is C16H11Cl2N3O2S. The summed E-state index contributed by atoms with van der Waals surface area (Å²) in [6.07, 6.45) is 0. The number of nitrogens with one attached hydrogen (secondary N) is 1. The lowest BCUT2D eigenvalue weighted by Crippen LogP contribution is -2.13. The molecule has 0 aliphatic heterocycles. The second kappa shape index (κ2) is 7.70. The summed E-state index contributed by atoms with van der Waals surface area (Å²) in [6, 6.07) is 14.0. The topological polar surface area (TPSA) is 68.0 Å². The van der Waals surface area contributed by atoms with Crippen molar-refractivity contribution in [2.24, 2.45) is 0 Å². The average Bonchev–Trinajstić information content (AvgIpc) is 3.02. The van der Waals surface area contributed by atoms with Gasteiger partial charge in [-0.15, -0.1) is 10.2 Å². The molecule has 24 heavy (non-hydrogen) atoms. The van der Waals surface area contributed by atoms with Gasteiger partial charge in [-0.2, -0.15) is 0 Å². The Hall–Kier alpha value is -2.02. The molecule has 0 bridgehead atoms. The molecule has 5 nitrogen and oxygen atoms in total. The number of hydrogen-bond acceptors (Lipinski definition) is 5. The smallest absolute Gasteiger partial charge is 0.277 e. The van der Waals surface area contributed by atoms with Gasteiger partial charge < -0.3 is 9.73 Å². The van der Waals surface area contributed by atoms with Gasteiger partial charge in [0.25, 0.3) is 5.22 Å². The monoisotopic (exact) mass is 379 g/mol. The lowest BCUT2D eigenvalue weighted by atomic mass is 10.2. The molecular weight excluding hydrogens is 369 g/mol. The minimum absolute atomic E-state index is 0.143. The summed E-state index contributed by atoms with van der Waals surface area (Å²) in [4.78, 5) is 11.9. The first-order valence-corrected chi connectivity index (χ1v) is 8.62. The largest absolute Gasteiger partial charge is 0.411 e. The van der Waals surface area contributed by atoms with Gasteiger partial charge in [0.2, 0.25) is 11.8 Å². The zero-order valence-corrected chi connectivity index (χ0v) is 14.5. The molecule has 1 amide bonds. The summed E-state index contributed by atoms with van der Waals surface area (Å²) in [6.45, 7) is 0. The molecule has 3 rings (SSSR count). The zero-order valence-electron chi connectivity index (χ0n) is 12.2. The number of rotatable bonds is 5. The molecule has 0 saturated heterocycles. The van der Waals surface area contributed by atoms with Crippen LogP contribution in [-0.2, 0) is 4.79 Å². The normalized spacial score (nSPS) is 10.6. The molecule has 1 N–H and O–H groups in total. The maximum absolute atomic E-state index is 11.9. The molecule has 122 valence electrons. The van der Waals surface area contributed by atoms with Crippen LogP contribution in [0.25, 0.3) is 11.5 Å². The van der Waals surface area contributed by atoms with E-state index in [1.165, 1.54) is 0 Å². The third-order valence-corrected chi connectivity index (χ3v) is 4.20. The van der Waals surface area contributed by atoms with Crippen LogP contribution in [0.15, 0.2) is 58.2 Å². The van der Waals surface area contributed by atoms with Crippen molar-refractivity contribution >= 4 is 46.6 Å². The van der Waals surface area contributed by atoms with Crippen LogP contribution in [0.4, 0.5) is 5.69 Å². The molecule has 0 saturated carbocycles. The van der Waals surface area contributed by atoms with Crippen molar-refractivity contribution in [3.05, 3.63) is 58.6 Å². The summed E-state index contributed by atoms with van der Waals surface area (Å²) in [7, 11) is 0. The van der Waals surface area contributed by atoms with E-state index >= 15 is 0 Å². The Morgan fingerprint density at radius 1 is 1.08 bits per heavy atom. The molecule has 0 radical (unpaired) electrons. The molecule has 0 unspecified atom stereocenters. The third kappa shape index (κ3) is 4.50. The first-order valence-electron chi connectivity index (χ1n) is 6.88. The van der Waals surface area contributed by atoms with E-state index in [1.54, 1.807) is 42.5 Å². The van der Waals surface area contributed by atoms with E-state index in [1.807, 2.05) is 6.07 Å². The first-order chi connectivity index (χ1) is 11.6. The summed E-state index contributed by atoms with van der Waals surface area (Å²) in [5, 5.41) is 12.1. The first kappa shape index (κ1) is 16.8. The van der Waals surface area contributed by atoms with E-state index in [9.17, 15) is 4.79 Å². The zero-order chi connectivity index (χ0) is 16.9. The van der Waals surface area contributed by atoms with Gasteiger partial charge in [-0.1, -0.05) is 47.1 Å². The summed E-state index contributed by atoms with van der Waals surface area (Å²) in [5.41, 5.74) is 1.36. The minimum atomic E-state index is -0.190. The van der Waals surface area contributed by atoms with Gasteiger partial charge >= 0.3 is 0 Å². The highest BCUT2D eigenvalue weighted by Gasteiger charge is 2.11. The Kier molecular flexibility index (Phi) is 5.40. The number of carbonyl (C=O) groups excluding carboxylic acids is 1. The summed E-state index contributed by atoms with van der Waals surface area (Å²) >= 11 is 13.0. The number of benzene rings is 2. The lowest BCUT2D eigenvalue weighted by molar-refractivity contribution is -0.113. The van der Waals surface area contributed by atoms with Gasteiger partial charge in [-0.3, -0.25) is 4.79 Å². The molecule has 1 heterocycles. The van der Waals surface area contributed by atoms with Gasteiger partial charge in [0, 0.05) is 21.3 Å². The quantitative estimate of drug-likeness (QED) is 0.646. The fourth-order valence-corrected chi connectivity index (χ4v) is 2.84. The minimum Gasteiger partial charge on any atom is -0.411 e. The number of nitrogens with zero attached hydrogens (tertiary/aromatic N) is 2. The van der Waals surface area contributed by atoms with Crippen molar-refractivity contribution in [3.8, 4) is 11.5 Å². The number of halogens is 2. The van der Waals surface area contributed by atoms with E-state index in [4.69, 9.17) is 27.6 Å². The summed E-state index contributed by atoms with van der Waals surface area (Å²) in [5.74, 6) is 0.309. The van der Waals surface area contributed by atoms with Crippen molar-refractivity contribution in [1.82, 2.24) is 10.2 Å². The SMILES string of the molecule is O=C(CSc1nnc(-c2cccc(Cl)c2)o1)Nc1cccc(Cl)c1. The molecule has 0 aliphatic carbocycles. The summed E-state index contributed by atoms with van der Waals surface area (Å²) < 4.78 is 5.53. The number of amides is 1. The Labute approximate surface area is 152 Å². The van der Waals surface area contributed by atoms with E-state index in [0.717, 1.165) is 17.3 Å². The third-order valence-electron chi connectivity index (χ3n) is 2.91. The van der Waals surface area contributed by atoms with Crippen LogP contribution in [0, 0.1) is 0 Å². The van der Waals surface area contributed by atoms with Crippen molar-refractivity contribution in [1.29, 1.82) is 0 Å². The molecule has 1 aromatic heterocycles. The maximum atomic E-state index is 11.9. The number of aromatic nitrogens is 2. The molecule has 0 spiro atoms. The second-order valence-electron chi connectivity index (χ2n) is 4.73. The van der Waals surface area contributed by atoms with Gasteiger partial charge in [-0.25, -0.2) is 0 Å². The number of carbonyl (C=O) groups is 1. The van der Waals surface area contributed by atoms with E-state index in [2.05, 4.69) is 15.5 Å². The van der Waals surface area contributed by atoms with Crippen molar-refractivity contribution in [2.75, 3.05) is 11.1 Å². The van der Waals surface area contributed by atoms with Crippen LogP contribution in [-0.4, -0.2) is 21.9 Å². The Bertz CT molecular complexity index is 870. The lowest BCUT2D eigenvalue weighted by Gasteiger charge is -2.03. The molecule has 0 atom stereocenters. The standard InChI is InChI=1S/C16H11Cl2N3O2S/c17-11-4-1-3-10(7-11)15-20-21-16(23-15)24-9-14(22)19-13-6-2-5-12(18)8-13/h1-8H,9H2,(H,19,22). The average molecular weight is 380 g/mol. The van der Waals surface area contributed by atoms with Gasteiger partial charge in [0.15, 0.2) is 0 Å². The predicted octanol–water partition coefficient (Wildman–Crippen LogP) is 4.77. The van der Waals surface area contributed by atoms with Gasteiger partial charge in [0.1, 0.15) is 0 Å². The van der Waals surface area contributed by atoms with Crippen LogP contribution >= 0.6 is 35.0 Å². The second-order valence-corrected chi connectivity index (χ2v) is 6.53. The number of thioether (sulfide) groups is 1. The van der Waals surface area contributed by atoms with Crippen LogP contribution in [0.5, 0.6) is 0 Å². The Morgan fingerprint density at radius 3 is 2.58 bits per heavy atom. The number of anilines is 1. The maximum Gasteiger partial charge on any atom is 0.277 e. The Morgan fingerprint density at radius 2 is 1.83 bits per heavy atom. The van der Waals surface area contributed by atoms with Crippen LogP contribution in [0.1, 0.15) is 0 Å². The highest BCUT2D eigenvalue weighted by Crippen LogP contribution is 2.25. The van der Waals surface area contributed by atoms with Crippen molar-refractivity contribution < 1.29 is 9.21 Å². The van der Waals surface area contributed by atoms with E-state index < -0.39 is 0 Å². The molecule has 0 aliphatic rings. The van der Waals surface area contributed by atoms with Crippen LogP contribution < -0.4 is 5.32 Å². The number of hydrogen-bond donors (Lipinski definition) is 1. The van der Waals surface area contributed by atoms with E-state index in [0.29, 0.717) is 26.8 Å². The molecule has 2 aromatic carbocycles. The Balaban J connectivity index is 1.58. The highest BCUT2D eigenvalue weighted by atomic mass is 35.5. The highest BCUT2D eigenvalue weighted by molar-refractivity contribution is 7.99. The van der Waals surface area contributed by atoms with Crippen molar-refractivity contribution in [2.45, 2.75) is 5.22 Å². The van der Waals surface area contributed by atoms with Crippen LogP contribution in [0.3, 0.4) is 0 Å². The fourth-order valence-electron chi connectivity index (χ4n) is 1.90. The van der Waals surface area contributed by atoms with Crippen LogP contribution in [0.2, 0.25) is 10.0 Å². The van der Waals surface area contributed by atoms with Crippen molar-refractivity contribution in [3.63, 3.8) is 0 Å². The predicted molar refractivity (Wildman–Crippen MR) is 95.5 cm³/mol. The van der Waals surface area contributed by atoms with Gasteiger partial charge in [0.05, 0.1) is 5.75 Å². The van der Waals surface area contributed by atoms with Gasteiger partial charge in [-0.05, 0) is 36.4 Å².